The number of rotatable bonds is 11. The van der Waals surface area contributed by atoms with Crippen LogP contribution in [0, 0.1) is 5.82 Å². The number of hydrogen-bond acceptors (Lipinski definition) is 4. The van der Waals surface area contributed by atoms with Crippen molar-refractivity contribution in [3.8, 4) is 17.2 Å². The number of hydrogen-bond donors (Lipinski definition) is 1. The second-order valence-electron chi connectivity index (χ2n) is 6.06. The van der Waals surface area contributed by atoms with Crippen molar-refractivity contribution in [2.75, 3.05) is 26.9 Å². The van der Waals surface area contributed by atoms with Gasteiger partial charge in [0, 0.05) is 6.54 Å². The van der Waals surface area contributed by atoms with Crippen LogP contribution in [0.3, 0.4) is 0 Å². The van der Waals surface area contributed by atoms with Crippen LogP contribution in [0.2, 0.25) is 0 Å². The zero-order valence-electron chi connectivity index (χ0n) is 16.2. The van der Waals surface area contributed by atoms with E-state index in [1.165, 1.54) is 12.1 Å². The van der Waals surface area contributed by atoms with Crippen molar-refractivity contribution >= 4 is 12.0 Å². The molecule has 0 bridgehead atoms. The maximum Gasteiger partial charge on any atom is 0.257 e. The maximum absolute atomic E-state index is 12.8. The van der Waals surface area contributed by atoms with E-state index in [1.54, 1.807) is 25.3 Å². The van der Waals surface area contributed by atoms with E-state index in [1.807, 2.05) is 31.2 Å². The van der Waals surface area contributed by atoms with Gasteiger partial charge >= 0.3 is 0 Å². The molecule has 2 aromatic carbocycles. The van der Waals surface area contributed by atoms with Gasteiger partial charge in [0.25, 0.3) is 5.91 Å². The Morgan fingerprint density at radius 1 is 1.07 bits per heavy atom. The predicted octanol–water partition coefficient (Wildman–Crippen LogP) is 4.22. The number of carbonyl (C=O) groups is 1. The third kappa shape index (κ3) is 7.31. The van der Waals surface area contributed by atoms with E-state index in [-0.39, 0.29) is 18.3 Å². The fraction of sp³-hybridized carbons (Fsp3) is 0.318. The molecule has 6 heteroatoms. The smallest absolute Gasteiger partial charge is 0.257 e. The lowest BCUT2D eigenvalue weighted by Gasteiger charge is -2.11. The van der Waals surface area contributed by atoms with Gasteiger partial charge in [0.1, 0.15) is 11.6 Å². The molecule has 0 radical (unpaired) electrons. The van der Waals surface area contributed by atoms with E-state index in [0.717, 1.165) is 18.4 Å². The number of carbonyl (C=O) groups excluding carboxylic acids is 1. The second kappa shape index (κ2) is 11.6. The summed E-state index contributed by atoms with van der Waals surface area (Å²) in [6.45, 7) is 2.90. The van der Waals surface area contributed by atoms with E-state index >= 15 is 0 Å². The van der Waals surface area contributed by atoms with Gasteiger partial charge in [-0.1, -0.05) is 18.2 Å². The third-order valence-corrected chi connectivity index (χ3v) is 3.88. The average molecular weight is 387 g/mol. The molecule has 1 N–H and O–H groups in total. The zero-order chi connectivity index (χ0) is 20.2. The minimum absolute atomic E-state index is 0.0780. The molecule has 150 valence electrons. The zero-order valence-corrected chi connectivity index (χ0v) is 16.2. The largest absolute Gasteiger partial charge is 0.494 e. The molecule has 0 aliphatic heterocycles. The molecule has 0 aromatic heterocycles. The van der Waals surface area contributed by atoms with Crippen LogP contribution in [0.1, 0.15) is 25.3 Å². The van der Waals surface area contributed by atoms with Crippen LogP contribution in [-0.2, 0) is 4.79 Å². The molecule has 0 fully saturated rings. The number of allylic oxidation sites excluding steroid dienone is 1. The summed E-state index contributed by atoms with van der Waals surface area (Å²) in [6, 6.07) is 11.4. The minimum Gasteiger partial charge on any atom is -0.494 e. The summed E-state index contributed by atoms with van der Waals surface area (Å²) >= 11 is 0. The first kappa shape index (κ1) is 21.3. The molecule has 0 heterocycles. The standard InChI is InChI=1S/C22H26FNO4/c1-3-6-17-7-12-20(21(15-17)26-2)28-16-22(25)24-13-4-5-14-27-19-10-8-18(23)9-11-19/h3,6-12,15H,4-5,13-14,16H2,1-2H3,(H,24,25)/b6-3+. The van der Waals surface area contributed by atoms with Gasteiger partial charge in [0.05, 0.1) is 13.7 Å². The summed E-state index contributed by atoms with van der Waals surface area (Å²) in [5, 5.41) is 2.81. The van der Waals surface area contributed by atoms with Crippen LogP contribution < -0.4 is 19.5 Å². The molecule has 0 spiro atoms. The lowest BCUT2D eigenvalue weighted by molar-refractivity contribution is -0.123. The number of amides is 1. The Kier molecular flexibility index (Phi) is 8.85. The maximum atomic E-state index is 12.8. The van der Waals surface area contributed by atoms with E-state index in [9.17, 15) is 9.18 Å². The quantitative estimate of drug-likeness (QED) is 0.587. The highest BCUT2D eigenvalue weighted by atomic mass is 19.1. The van der Waals surface area contributed by atoms with Gasteiger partial charge in [-0.25, -0.2) is 4.39 Å². The summed E-state index contributed by atoms with van der Waals surface area (Å²) in [5.74, 6) is 1.26. The van der Waals surface area contributed by atoms with Crippen molar-refractivity contribution in [3.63, 3.8) is 0 Å². The molecule has 5 nitrogen and oxygen atoms in total. The third-order valence-electron chi connectivity index (χ3n) is 3.88. The molecule has 2 aromatic rings. The fourth-order valence-electron chi connectivity index (χ4n) is 2.47. The normalized spacial score (nSPS) is 10.7. The van der Waals surface area contributed by atoms with Crippen LogP contribution in [0.4, 0.5) is 4.39 Å². The first-order chi connectivity index (χ1) is 13.6. The Hall–Kier alpha value is -3.02. The highest BCUT2D eigenvalue weighted by Gasteiger charge is 2.08. The number of unbranched alkanes of at least 4 members (excludes halogenated alkanes) is 1. The van der Waals surface area contributed by atoms with Gasteiger partial charge in [-0.3, -0.25) is 4.79 Å². The molecule has 0 aliphatic rings. The Balaban J connectivity index is 1.63. The number of methoxy groups -OCH3 is 1. The number of ether oxygens (including phenoxy) is 3. The summed E-state index contributed by atoms with van der Waals surface area (Å²) in [6.07, 6.45) is 5.44. The van der Waals surface area contributed by atoms with Crippen molar-refractivity contribution in [2.24, 2.45) is 0 Å². The topological polar surface area (TPSA) is 56.8 Å². The lowest BCUT2D eigenvalue weighted by Crippen LogP contribution is -2.29. The highest BCUT2D eigenvalue weighted by molar-refractivity contribution is 5.77. The van der Waals surface area contributed by atoms with Crippen molar-refractivity contribution in [1.29, 1.82) is 0 Å². The van der Waals surface area contributed by atoms with Crippen molar-refractivity contribution in [2.45, 2.75) is 19.8 Å². The van der Waals surface area contributed by atoms with Crippen LogP contribution in [-0.4, -0.2) is 32.8 Å². The Bertz CT molecular complexity index is 775. The molecule has 0 unspecified atom stereocenters. The van der Waals surface area contributed by atoms with Gasteiger partial charge in [-0.05, 0) is 61.7 Å². The first-order valence-electron chi connectivity index (χ1n) is 9.21. The van der Waals surface area contributed by atoms with Crippen LogP contribution in [0.15, 0.2) is 48.5 Å². The van der Waals surface area contributed by atoms with E-state index in [0.29, 0.717) is 30.4 Å². The monoisotopic (exact) mass is 387 g/mol. The lowest BCUT2D eigenvalue weighted by atomic mass is 10.2. The average Bonchev–Trinajstić information content (AvgIpc) is 2.71. The van der Waals surface area contributed by atoms with Crippen LogP contribution in [0.25, 0.3) is 6.08 Å². The molecule has 2 rings (SSSR count). The van der Waals surface area contributed by atoms with Crippen molar-refractivity contribution in [3.05, 3.63) is 59.9 Å². The van der Waals surface area contributed by atoms with Crippen molar-refractivity contribution in [1.82, 2.24) is 5.32 Å². The fourth-order valence-corrected chi connectivity index (χ4v) is 2.47. The van der Waals surface area contributed by atoms with Gasteiger partial charge in [-0.2, -0.15) is 0 Å². The summed E-state index contributed by atoms with van der Waals surface area (Å²) in [4.78, 5) is 11.9. The SMILES string of the molecule is C/C=C/c1ccc(OCC(=O)NCCCCOc2ccc(F)cc2)c(OC)c1. The summed E-state index contributed by atoms with van der Waals surface area (Å²) < 4.78 is 29.2. The van der Waals surface area contributed by atoms with Crippen LogP contribution >= 0.6 is 0 Å². The number of nitrogens with one attached hydrogen (secondary N) is 1. The number of benzene rings is 2. The Morgan fingerprint density at radius 2 is 1.86 bits per heavy atom. The highest BCUT2D eigenvalue weighted by Crippen LogP contribution is 2.28. The van der Waals surface area contributed by atoms with Crippen LogP contribution in [0.5, 0.6) is 17.2 Å². The molecule has 1 amide bonds. The van der Waals surface area contributed by atoms with E-state index < -0.39 is 0 Å². The molecule has 0 saturated heterocycles. The molecular weight excluding hydrogens is 361 g/mol. The summed E-state index contributed by atoms with van der Waals surface area (Å²) in [5.41, 5.74) is 0.999. The summed E-state index contributed by atoms with van der Waals surface area (Å²) in [7, 11) is 1.57. The Morgan fingerprint density at radius 3 is 2.57 bits per heavy atom. The predicted molar refractivity (Wildman–Crippen MR) is 107 cm³/mol. The second-order valence-corrected chi connectivity index (χ2v) is 6.06. The first-order valence-corrected chi connectivity index (χ1v) is 9.21. The van der Waals surface area contributed by atoms with Gasteiger partial charge in [-0.15, -0.1) is 0 Å². The Labute approximate surface area is 165 Å². The molecule has 0 atom stereocenters. The molecule has 28 heavy (non-hydrogen) atoms. The molecule has 0 aliphatic carbocycles. The number of halogens is 1. The van der Waals surface area contributed by atoms with Crippen molar-refractivity contribution < 1.29 is 23.4 Å². The van der Waals surface area contributed by atoms with Gasteiger partial charge < -0.3 is 19.5 Å². The van der Waals surface area contributed by atoms with E-state index in [4.69, 9.17) is 14.2 Å². The molecule has 0 saturated carbocycles. The minimum atomic E-state index is -0.288. The van der Waals surface area contributed by atoms with E-state index in [2.05, 4.69) is 5.32 Å². The van der Waals surface area contributed by atoms with Gasteiger partial charge in [0.2, 0.25) is 0 Å². The van der Waals surface area contributed by atoms with Gasteiger partial charge in [0.15, 0.2) is 18.1 Å². The molecular formula is C22H26FNO4.